The Hall–Kier alpha value is -4.21. The van der Waals surface area contributed by atoms with Crippen LogP contribution in [-0.2, 0) is 4.79 Å². The van der Waals surface area contributed by atoms with E-state index in [0.717, 1.165) is 5.56 Å². The molecule has 0 unspecified atom stereocenters. The number of carbonyl (C=O) groups excluding carboxylic acids is 2. The van der Waals surface area contributed by atoms with Crippen molar-refractivity contribution in [3.63, 3.8) is 0 Å². The van der Waals surface area contributed by atoms with Gasteiger partial charge < -0.3 is 29.0 Å². The lowest BCUT2D eigenvalue weighted by Gasteiger charge is -2.14. The predicted molar refractivity (Wildman–Crippen MR) is 121 cm³/mol. The maximum atomic E-state index is 12.5. The van der Waals surface area contributed by atoms with E-state index in [2.05, 4.69) is 15.8 Å². The zero-order valence-electron chi connectivity index (χ0n) is 18.8. The standard InChI is InChI=1S/C23H25N3O7/c1-14(5-6-15-7-8-17-18(9-15)33-13-32-17)25-26-21(27)12-24-23(28)16-10-19(29-2)22(31-4)20(11-16)30-3/h5-11H,12-13H2,1-4H3,(H,24,28)(H,26,27)/b6-5+,25-14-. The zero-order chi connectivity index (χ0) is 23.8. The Bertz CT molecular complexity index is 1070. The number of hydrogen-bond acceptors (Lipinski definition) is 8. The lowest BCUT2D eigenvalue weighted by Crippen LogP contribution is -2.35. The van der Waals surface area contributed by atoms with Gasteiger partial charge in [-0.1, -0.05) is 12.1 Å². The molecule has 1 aliphatic heterocycles. The molecular weight excluding hydrogens is 430 g/mol. The van der Waals surface area contributed by atoms with Crippen LogP contribution in [0.15, 0.2) is 41.5 Å². The Morgan fingerprint density at radius 2 is 1.73 bits per heavy atom. The lowest BCUT2D eigenvalue weighted by atomic mass is 10.1. The molecule has 0 aromatic heterocycles. The number of hydrogen-bond donors (Lipinski definition) is 2. The fourth-order valence-electron chi connectivity index (χ4n) is 2.94. The van der Waals surface area contributed by atoms with E-state index in [1.54, 1.807) is 13.0 Å². The molecule has 1 heterocycles. The summed E-state index contributed by atoms with van der Waals surface area (Å²) in [6.07, 6.45) is 3.57. The highest BCUT2D eigenvalue weighted by atomic mass is 16.7. The molecule has 1 aliphatic rings. The van der Waals surface area contributed by atoms with Gasteiger partial charge in [0.2, 0.25) is 12.5 Å². The van der Waals surface area contributed by atoms with Crippen LogP contribution in [0.5, 0.6) is 28.7 Å². The van der Waals surface area contributed by atoms with E-state index in [4.69, 9.17) is 23.7 Å². The Balaban J connectivity index is 1.53. The van der Waals surface area contributed by atoms with Crippen LogP contribution < -0.4 is 34.4 Å². The van der Waals surface area contributed by atoms with E-state index in [1.165, 1.54) is 33.5 Å². The average Bonchev–Trinajstić information content (AvgIpc) is 3.31. The van der Waals surface area contributed by atoms with Gasteiger partial charge in [0.05, 0.1) is 33.6 Å². The number of methoxy groups -OCH3 is 3. The van der Waals surface area contributed by atoms with Crippen molar-refractivity contribution in [1.29, 1.82) is 0 Å². The van der Waals surface area contributed by atoms with Crippen LogP contribution in [0.1, 0.15) is 22.8 Å². The Morgan fingerprint density at radius 1 is 1.03 bits per heavy atom. The summed E-state index contributed by atoms with van der Waals surface area (Å²) in [7, 11) is 4.37. The number of rotatable bonds is 9. The van der Waals surface area contributed by atoms with E-state index >= 15 is 0 Å². The summed E-state index contributed by atoms with van der Waals surface area (Å²) >= 11 is 0. The fraction of sp³-hybridized carbons (Fsp3) is 0.261. The molecule has 174 valence electrons. The minimum atomic E-state index is -0.480. The summed E-state index contributed by atoms with van der Waals surface area (Å²) in [5.74, 6) is 1.47. The first-order valence-electron chi connectivity index (χ1n) is 9.94. The first-order valence-corrected chi connectivity index (χ1v) is 9.94. The molecular formula is C23H25N3O7. The van der Waals surface area contributed by atoms with Crippen LogP contribution in [0.25, 0.3) is 6.08 Å². The SMILES string of the molecule is COc1cc(C(=O)NCC(=O)N/N=C(C)\C=C\c2ccc3c(c2)OCO3)cc(OC)c1OC. The minimum absolute atomic E-state index is 0.213. The highest BCUT2D eigenvalue weighted by Crippen LogP contribution is 2.38. The number of benzene rings is 2. The normalized spacial score (nSPS) is 12.4. The smallest absolute Gasteiger partial charge is 0.259 e. The van der Waals surface area contributed by atoms with Gasteiger partial charge in [-0.05, 0) is 42.8 Å². The van der Waals surface area contributed by atoms with Crippen molar-refractivity contribution in [2.24, 2.45) is 5.10 Å². The average molecular weight is 455 g/mol. The molecule has 3 rings (SSSR count). The van der Waals surface area contributed by atoms with Crippen LogP contribution in [0.2, 0.25) is 0 Å². The molecule has 0 atom stereocenters. The number of amides is 2. The van der Waals surface area contributed by atoms with E-state index < -0.39 is 11.8 Å². The second-order valence-electron chi connectivity index (χ2n) is 6.83. The summed E-state index contributed by atoms with van der Waals surface area (Å²) in [6, 6.07) is 8.56. The van der Waals surface area contributed by atoms with Gasteiger partial charge in [0, 0.05) is 5.56 Å². The van der Waals surface area contributed by atoms with Crippen LogP contribution in [-0.4, -0.2) is 52.2 Å². The number of ether oxygens (including phenoxy) is 5. The molecule has 2 aromatic carbocycles. The zero-order valence-corrected chi connectivity index (χ0v) is 18.8. The highest BCUT2D eigenvalue weighted by Gasteiger charge is 2.17. The number of hydrazone groups is 1. The molecule has 0 aliphatic carbocycles. The van der Waals surface area contributed by atoms with Crippen LogP contribution in [0.3, 0.4) is 0 Å². The molecule has 2 N–H and O–H groups in total. The Morgan fingerprint density at radius 3 is 2.39 bits per heavy atom. The van der Waals surface area contributed by atoms with Crippen molar-refractivity contribution in [2.75, 3.05) is 34.7 Å². The largest absolute Gasteiger partial charge is 0.493 e. The molecule has 0 saturated carbocycles. The summed E-state index contributed by atoms with van der Waals surface area (Å²) < 4.78 is 26.3. The molecule has 2 aromatic rings. The Labute approximate surface area is 191 Å². The first-order chi connectivity index (χ1) is 15.9. The molecule has 10 heteroatoms. The van der Waals surface area contributed by atoms with Crippen molar-refractivity contribution < 1.29 is 33.3 Å². The van der Waals surface area contributed by atoms with Gasteiger partial charge in [0.15, 0.2) is 23.0 Å². The van der Waals surface area contributed by atoms with Crippen molar-refractivity contribution in [1.82, 2.24) is 10.7 Å². The molecule has 10 nitrogen and oxygen atoms in total. The molecule has 2 amide bonds. The summed E-state index contributed by atoms with van der Waals surface area (Å²) in [5.41, 5.74) is 4.12. The van der Waals surface area contributed by atoms with Crippen molar-refractivity contribution in [3.05, 3.63) is 47.5 Å². The van der Waals surface area contributed by atoms with Gasteiger partial charge in [-0.2, -0.15) is 5.10 Å². The van der Waals surface area contributed by atoms with Crippen LogP contribution in [0, 0.1) is 0 Å². The number of carbonyl (C=O) groups is 2. The van der Waals surface area contributed by atoms with Crippen LogP contribution >= 0.6 is 0 Å². The molecule has 33 heavy (non-hydrogen) atoms. The third-order valence-electron chi connectivity index (χ3n) is 4.61. The summed E-state index contributed by atoms with van der Waals surface area (Å²) in [4.78, 5) is 24.5. The van der Waals surface area contributed by atoms with Gasteiger partial charge in [-0.15, -0.1) is 0 Å². The second kappa shape index (κ2) is 10.9. The molecule has 0 spiro atoms. The number of fused-ring (bicyclic) bond motifs is 1. The number of nitrogens with zero attached hydrogens (tertiary/aromatic N) is 1. The monoisotopic (exact) mass is 455 g/mol. The van der Waals surface area contributed by atoms with Crippen molar-refractivity contribution >= 4 is 23.6 Å². The maximum Gasteiger partial charge on any atom is 0.259 e. The molecule has 0 bridgehead atoms. The third kappa shape index (κ3) is 5.94. The first kappa shape index (κ1) is 23.5. The Kier molecular flexibility index (Phi) is 7.74. The van der Waals surface area contributed by atoms with Gasteiger partial charge in [0.25, 0.3) is 11.8 Å². The molecule has 0 fully saturated rings. The van der Waals surface area contributed by atoms with Gasteiger partial charge in [-0.25, -0.2) is 5.43 Å². The van der Waals surface area contributed by atoms with Crippen LogP contribution in [0.4, 0.5) is 0 Å². The second-order valence-corrected chi connectivity index (χ2v) is 6.83. The van der Waals surface area contributed by atoms with Crippen molar-refractivity contribution in [2.45, 2.75) is 6.92 Å². The maximum absolute atomic E-state index is 12.5. The van der Waals surface area contributed by atoms with E-state index in [-0.39, 0.29) is 18.9 Å². The molecule has 0 saturated heterocycles. The number of allylic oxidation sites excluding steroid dienone is 1. The molecule has 0 radical (unpaired) electrons. The lowest BCUT2D eigenvalue weighted by molar-refractivity contribution is -0.120. The number of nitrogens with one attached hydrogen (secondary N) is 2. The minimum Gasteiger partial charge on any atom is -0.493 e. The van der Waals surface area contributed by atoms with Crippen molar-refractivity contribution in [3.8, 4) is 28.7 Å². The van der Waals surface area contributed by atoms with Gasteiger partial charge in [-0.3, -0.25) is 9.59 Å². The summed E-state index contributed by atoms with van der Waals surface area (Å²) in [6.45, 7) is 1.68. The van der Waals surface area contributed by atoms with E-state index in [0.29, 0.717) is 34.5 Å². The quantitative estimate of drug-likeness (QED) is 0.440. The highest BCUT2D eigenvalue weighted by molar-refractivity contribution is 5.99. The van der Waals surface area contributed by atoms with Gasteiger partial charge >= 0.3 is 0 Å². The van der Waals surface area contributed by atoms with E-state index in [1.807, 2.05) is 24.3 Å². The van der Waals surface area contributed by atoms with E-state index in [9.17, 15) is 9.59 Å². The van der Waals surface area contributed by atoms with Gasteiger partial charge in [0.1, 0.15) is 0 Å². The summed E-state index contributed by atoms with van der Waals surface area (Å²) in [5, 5.41) is 6.53. The fourth-order valence-corrected chi connectivity index (χ4v) is 2.94. The predicted octanol–water partition coefficient (Wildman–Crippen LogP) is 2.38. The topological polar surface area (TPSA) is 117 Å². The third-order valence-corrected chi connectivity index (χ3v) is 4.61.